The van der Waals surface area contributed by atoms with Gasteiger partial charge in [-0.15, -0.1) is 0 Å². The fraction of sp³-hybridized carbons (Fsp3) is 0.217. The van der Waals surface area contributed by atoms with Gasteiger partial charge in [0.2, 0.25) is 11.8 Å². The summed E-state index contributed by atoms with van der Waals surface area (Å²) >= 11 is 6.03. The molecule has 2 aromatic rings. The van der Waals surface area contributed by atoms with Crippen LogP contribution in [-0.2, 0) is 20.9 Å². The molecule has 8 heteroatoms. The van der Waals surface area contributed by atoms with Crippen molar-refractivity contribution in [1.29, 1.82) is 0 Å². The van der Waals surface area contributed by atoms with Gasteiger partial charge in [0.1, 0.15) is 6.29 Å². The number of rotatable bonds is 5. The normalized spacial score (nSPS) is 15.6. The molecule has 0 spiro atoms. The van der Waals surface area contributed by atoms with Crippen molar-refractivity contribution >= 4 is 41.3 Å². The molecule has 3 rings (SSSR count). The van der Waals surface area contributed by atoms with E-state index in [-0.39, 0.29) is 24.8 Å². The molecule has 1 saturated heterocycles. The molecule has 1 fully saturated rings. The molecule has 1 unspecified atom stereocenters. The Kier molecular flexibility index (Phi) is 7.19. The van der Waals surface area contributed by atoms with Crippen LogP contribution >= 0.6 is 11.6 Å². The van der Waals surface area contributed by atoms with E-state index in [9.17, 15) is 19.2 Å². The fourth-order valence-electron chi connectivity index (χ4n) is 3.27. The average molecular weight is 438 g/mol. The van der Waals surface area contributed by atoms with Gasteiger partial charge in [0, 0.05) is 35.7 Å². The first-order valence-corrected chi connectivity index (χ1v) is 9.94. The summed E-state index contributed by atoms with van der Waals surface area (Å²) in [5.41, 5.74) is 2.09. The first-order valence-electron chi connectivity index (χ1n) is 9.57. The second-order valence-corrected chi connectivity index (χ2v) is 7.50. The molecule has 1 aliphatic heterocycles. The zero-order valence-corrected chi connectivity index (χ0v) is 17.5. The van der Waals surface area contributed by atoms with Gasteiger partial charge in [-0.3, -0.25) is 29.4 Å². The lowest BCUT2D eigenvalue weighted by molar-refractivity contribution is -0.137. The second kappa shape index (κ2) is 10.0. The van der Waals surface area contributed by atoms with Gasteiger partial charge < -0.3 is 5.32 Å². The van der Waals surface area contributed by atoms with E-state index >= 15 is 0 Å². The number of benzene rings is 2. The van der Waals surface area contributed by atoms with Crippen LogP contribution in [0.25, 0.3) is 0 Å². The third kappa shape index (κ3) is 5.79. The van der Waals surface area contributed by atoms with E-state index in [0.29, 0.717) is 33.8 Å². The van der Waals surface area contributed by atoms with E-state index in [4.69, 9.17) is 11.6 Å². The zero-order valence-electron chi connectivity index (χ0n) is 16.8. The molecule has 7 nitrogen and oxygen atoms in total. The second-order valence-electron chi connectivity index (χ2n) is 7.10. The van der Waals surface area contributed by atoms with Crippen LogP contribution < -0.4 is 10.6 Å². The van der Waals surface area contributed by atoms with Gasteiger partial charge in [-0.1, -0.05) is 29.7 Å². The highest BCUT2D eigenvalue weighted by Crippen LogP contribution is 2.20. The van der Waals surface area contributed by atoms with Gasteiger partial charge >= 0.3 is 5.91 Å². The molecule has 158 valence electrons. The van der Waals surface area contributed by atoms with Crippen LogP contribution in [-0.4, -0.2) is 42.0 Å². The maximum Gasteiger partial charge on any atom is 0.300 e. The number of carbonyl (C=O) groups excluding carboxylic acids is 4. The predicted molar refractivity (Wildman–Crippen MR) is 116 cm³/mol. The summed E-state index contributed by atoms with van der Waals surface area (Å²) in [5, 5.41) is 5.46. The number of hydrogen-bond acceptors (Lipinski definition) is 5. The molecular formula is C23H20ClN3O4. The van der Waals surface area contributed by atoms with Crippen LogP contribution in [0.1, 0.15) is 34.3 Å². The van der Waals surface area contributed by atoms with Crippen molar-refractivity contribution in [3.63, 3.8) is 0 Å². The molecule has 0 aromatic heterocycles. The molecular weight excluding hydrogens is 418 g/mol. The number of nitrogens with zero attached hydrogens (tertiary/aromatic N) is 1. The van der Waals surface area contributed by atoms with Gasteiger partial charge in [-0.2, -0.15) is 0 Å². The van der Waals surface area contributed by atoms with Gasteiger partial charge in [0.05, 0.1) is 11.1 Å². The molecule has 1 aliphatic rings. The van der Waals surface area contributed by atoms with Crippen LogP contribution in [0.3, 0.4) is 0 Å². The Bertz CT molecular complexity index is 1100. The Morgan fingerprint density at radius 3 is 2.77 bits per heavy atom. The fourth-order valence-corrected chi connectivity index (χ4v) is 3.45. The Morgan fingerprint density at radius 1 is 1.29 bits per heavy atom. The Labute approximate surface area is 184 Å². The number of carbonyl (C=O) groups is 4. The highest BCUT2D eigenvalue weighted by Gasteiger charge is 2.30. The third-order valence-electron chi connectivity index (χ3n) is 4.87. The minimum absolute atomic E-state index is 0.265. The largest absolute Gasteiger partial charge is 0.315 e. The van der Waals surface area contributed by atoms with Crippen LogP contribution in [0.5, 0.6) is 0 Å². The molecule has 2 aromatic carbocycles. The SMILES string of the molecule is CN(Cc1cc(NC(=O)C#Cc2ccccc2Cl)ccc1C=O)C1CCC(=O)NC1=O. The van der Waals surface area contributed by atoms with Crippen LogP contribution in [0.4, 0.5) is 5.69 Å². The average Bonchev–Trinajstić information content (AvgIpc) is 2.73. The topological polar surface area (TPSA) is 95.6 Å². The van der Waals surface area contributed by atoms with Crippen LogP contribution in [0, 0.1) is 11.8 Å². The van der Waals surface area contributed by atoms with Crippen molar-refractivity contribution in [1.82, 2.24) is 10.2 Å². The molecule has 1 atom stereocenters. The number of anilines is 1. The molecule has 0 aliphatic carbocycles. The number of nitrogens with one attached hydrogen (secondary N) is 2. The smallest absolute Gasteiger partial charge is 0.300 e. The van der Waals surface area contributed by atoms with Gasteiger partial charge in [-0.05, 0) is 49.4 Å². The molecule has 31 heavy (non-hydrogen) atoms. The standard InChI is InChI=1S/C23H20ClN3O4/c1-27(20-9-11-22(30)26-23(20)31)13-17-12-18(8-6-16(17)14-28)25-21(29)10-7-15-4-2-3-5-19(15)24/h2-6,8,12,14,20H,9,11,13H2,1H3,(H,25,29)(H,26,30,31). The summed E-state index contributed by atoms with van der Waals surface area (Å²) in [6, 6.07) is 11.3. The number of aldehydes is 1. The number of likely N-dealkylation sites (N-methyl/N-ethyl adjacent to an activating group) is 1. The number of halogens is 1. The number of amides is 3. The summed E-state index contributed by atoms with van der Waals surface area (Å²) in [5.74, 6) is 4.05. The van der Waals surface area contributed by atoms with E-state index in [0.717, 1.165) is 6.29 Å². The molecule has 3 amide bonds. The lowest BCUT2D eigenvalue weighted by Gasteiger charge is -2.30. The van der Waals surface area contributed by atoms with Gasteiger partial charge in [0.15, 0.2) is 0 Å². The number of hydrogen-bond donors (Lipinski definition) is 2. The highest BCUT2D eigenvalue weighted by atomic mass is 35.5. The van der Waals surface area contributed by atoms with Crippen LogP contribution in [0.2, 0.25) is 5.02 Å². The minimum Gasteiger partial charge on any atom is -0.315 e. The zero-order chi connectivity index (χ0) is 22.4. The molecule has 0 saturated carbocycles. The highest BCUT2D eigenvalue weighted by molar-refractivity contribution is 6.31. The van der Waals surface area contributed by atoms with E-state index in [1.807, 2.05) is 0 Å². The predicted octanol–water partition coefficient (Wildman–Crippen LogP) is 2.38. The number of imide groups is 1. The van der Waals surface area contributed by atoms with Crippen molar-refractivity contribution in [3.05, 3.63) is 64.2 Å². The number of piperidine rings is 1. The van der Waals surface area contributed by atoms with Crippen molar-refractivity contribution < 1.29 is 19.2 Å². The van der Waals surface area contributed by atoms with Crippen molar-refractivity contribution in [2.24, 2.45) is 0 Å². The summed E-state index contributed by atoms with van der Waals surface area (Å²) in [6.45, 7) is 0.287. The van der Waals surface area contributed by atoms with Gasteiger partial charge in [-0.25, -0.2) is 0 Å². The molecule has 1 heterocycles. The summed E-state index contributed by atoms with van der Waals surface area (Å²) in [6.07, 6.45) is 1.39. The molecule has 0 radical (unpaired) electrons. The molecule has 0 bridgehead atoms. The Hall–Kier alpha value is -3.47. The quantitative estimate of drug-likeness (QED) is 0.425. The summed E-state index contributed by atoms with van der Waals surface area (Å²) < 4.78 is 0. The van der Waals surface area contributed by atoms with Gasteiger partial charge in [0.25, 0.3) is 0 Å². The van der Waals surface area contributed by atoms with E-state index in [1.165, 1.54) is 0 Å². The Balaban J connectivity index is 1.72. The van der Waals surface area contributed by atoms with E-state index in [1.54, 1.807) is 54.4 Å². The molecule has 2 N–H and O–H groups in total. The van der Waals surface area contributed by atoms with E-state index in [2.05, 4.69) is 22.5 Å². The monoisotopic (exact) mass is 437 g/mol. The van der Waals surface area contributed by atoms with E-state index < -0.39 is 11.9 Å². The minimum atomic E-state index is -0.525. The van der Waals surface area contributed by atoms with Crippen molar-refractivity contribution in [2.45, 2.75) is 25.4 Å². The maximum atomic E-state index is 12.2. The van der Waals surface area contributed by atoms with Crippen LogP contribution in [0.15, 0.2) is 42.5 Å². The lowest BCUT2D eigenvalue weighted by Crippen LogP contribution is -2.51. The Morgan fingerprint density at radius 2 is 2.06 bits per heavy atom. The lowest BCUT2D eigenvalue weighted by atomic mass is 10.0. The third-order valence-corrected chi connectivity index (χ3v) is 5.20. The summed E-state index contributed by atoms with van der Waals surface area (Å²) in [4.78, 5) is 48.9. The van der Waals surface area contributed by atoms with Crippen molar-refractivity contribution in [2.75, 3.05) is 12.4 Å². The summed E-state index contributed by atoms with van der Waals surface area (Å²) in [7, 11) is 1.74. The maximum absolute atomic E-state index is 12.2. The first-order chi connectivity index (χ1) is 14.9. The van der Waals surface area contributed by atoms with Crippen molar-refractivity contribution in [3.8, 4) is 11.8 Å². The first kappa shape index (κ1) is 22.2.